The second-order valence-corrected chi connectivity index (χ2v) is 6.33. The second-order valence-electron chi connectivity index (χ2n) is 5.97. The van der Waals surface area contributed by atoms with Gasteiger partial charge in [-0.3, -0.25) is 4.79 Å². The first-order valence-corrected chi connectivity index (χ1v) is 7.82. The molecule has 0 N–H and O–H groups in total. The molecule has 110 valence electrons. The minimum atomic E-state index is -0.00106. The zero-order valence-electron chi connectivity index (χ0n) is 12.3. The van der Waals surface area contributed by atoms with Gasteiger partial charge in [0.2, 0.25) is 0 Å². The Kier molecular flexibility index (Phi) is 3.85. The van der Waals surface area contributed by atoms with Crippen molar-refractivity contribution < 1.29 is 4.79 Å². The SMILES string of the molecule is CC(C)C1CCCN1C(=O)c1cc2ccccc2c(Cl)n1. The Bertz CT molecular complexity index is 684. The summed E-state index contributed by atoms with van der Waals surface area (Å²) >= 11 is 6.23. The molecule has 1 aromatic carbocycles. The Hall–Kier alpha value is -1.61. The van der Waals surface area contributed by atoms with E-state index in [0.29, 0.717) is 22.8 Å². The number of carbonyl (C=O) groups excluding carboxylic acids is 1. The van der Waals surface area contributed by atoms with Crippen LogP contribution in [0, 0.1) is 5.92 Å². The number of nitrogens with zero attached hydrogens (tertiary/aromatic N) is 2. The van der Waals surface area contributed by atoms with Crippen LogP contribution in [0.2, 0.25) is 5.15 Å². The number of rotatable bonds is 2. The van der Waals surface area contributed by atoms with Gasteiger partial charge in [0.1, 0.15) is 10.8 Å². The Morgan fingerprint density at radius 1 is 1.38 bits per heavy atom. The molecule has 1 atom stereocenters. The molecule has 1 amide bonds. The molecule has 0 radical (unpaired) electrons. The van der Waals surface area contributed by atoms with E-state index in [0.717, 1.165) is 30.2 Å². The third-order valence-corrected chi connectivity index (χ3v) is 4.53. The van der Waals surface area contributed by atoms with Crippen molar-refractivity contribution in [2.45, 2.75) is 32.7 Å². The number of halogens is 1. The highest BCUT2D eigenvalue weighted by molar-refractivity contribution is 6.34. The summed E-state index contributed by atoms with van der Waals surface area (Å²) in [5.74, 6) is 0.464. The van der Waals surface area contributed by atoms with Gasteiger partial charge in [0.25, 0.3) is 5.91 Å². The first-order chi connectivity index (χ1) is 10.1. The van der Waals surface area contributed by atoms with E-state index in [4.69, 9.17) is 11.6 Å². The molecule has 0 saturated carbocycles. The summed E-state index contributed by atoms with van der Waals surface area (Å²) in [7, 11) is 0. The van der Waals surface area contributed by atoms with Crippen LogP contribution >= 0.6 is 11.6 Å². The molecule has 2 heterocycles. The molecule has 0 aliphatic carbocycles. The van der Waals surface area contributed by atoms with Crippen LogP contribution in [-0.4, -0.2) is 28.4 Å². The van der Waals surface area contributed by atoms with Gasteiger partial charge in [0.15, 0.2) is 0 Å². The summed E-state index contributed by atoms with van der Waals surface area (Å²) in [6, 6.07) is 9.91. The van der Waals surface area contributed by atoms with Crippen LogP contribution in [0.15, 0.2) is 30.3 Å². The number of carbonyl (C=O) groups is 1. The highest BCUT2D eigenvalue weighted by atomic mass is 35.5. The predicted molar refractivity (Wildman–Crippen MR) is 85.6 cm³/mol. The lowest BCUT2D eigenvalue weighted by atomic mass is 10.0. The molecule has 2 aromatic rings. The second kappa shape index (κ2) is 5.64. The monoisotopic (exact) mass is 302 g/mol. The van der Waals surface area contributed by atoms with E-state index in [1.807, 2.05) is 35.2 Å². The number of benzene rings is 1. The van der Waals surface area contributed by atoms with Gasteiger partial charge >= 0.3 is 0 Å². The molecule has 3 nitrogen and oxygen atoms in total. The van der Waals surface area contributed by atoms with E-state index in [1.165, 1.54) is 0 Å². The highest BCUT2D eigenvalue weighted by Crippen LogP contribution is 2.27. The van der Waals surface area contributed by atoms with Crippen LogP contribution < -0.4 is 0 Å². The number of hydrogen-bond donors (Lipinski definition) is 0. The third-order valence-electron chi connectivity index (χ3n) is 4.24. The average Bonchev–Trinajstić information content (AvgIpc) is 2.96. The lowest BCUT2D eigenvalue weighted by Crippen LogP contribution is -2.38. The topological polar surface area (TPSA) is 33.2 Å². The minimum absolute atomic E-state index is 0.00106. The van der Waals surface area contributed by atoms with Gasteiger partial charge in [0, 0.05) is 18.0 Å². The first-order valence-electron chi connectivity index (χ1n) is 7.44. The van der Waals surface area contributed by atoms with Gasteiger partial charge in [-0.2, -0.15) is 0 Å². The van der Waals surface area contributed by atoms with Crippen LogP contribution in [-0.2, 0) is 0 Å². The molecule has 21 heavy (non-hydrogen) atoms. The molecule has 1 saturated heterocycles. The molecular formula is C17H19ClN2O. The van der Waals surface area contributed by atoms with E-state index in [-0.39, 0.29) is 5.91 Å². The van der Waals surface area contributed by atoms with Crippen molar-refractivity contribution in [2.24, 2.45) is 5.92 Å². The fourth-order valence-electron chi connectivity index (χ4n) is 3.15. The number of hydrogen-bond acceptors (Lipinski definition) is 2. The summed E-state index contributed by atoms with van der Waals surface area (Å²) in [5.41, 5.74) is 0.450. The number of likely N-dealkylation sites (tertiary alicyclic amines) is 1. The van der Waals surface area contributed by atoms with Crippen LogP contribution in [0.1, 0.15) is 37.2 Å². The van der Waals surface area contributed by atoms with Gasteiger partial charge < -0.3 is 4.90 Å². The van der Waals surface area contributed by atoms with Crippen molar-refractivity contribution >= 4 is 28.3 Å². The van der Waals surface area contributed by atoms with E-state index in [9.17, 15) is 4.79 Å². The number of amides is 1. The Morgan fingerprint density at radius 3 is 2.90 bits per heavy atom. The molecule has 0 bridgehead atoms. The maximum Gasteiger partial charge on any atom is 0.272 e. The van der Waals surface area contributed by atoms with Crippen LogP contribution in [0.5, 0.6) is 0 Å². The van der Waals surface area contributed by atoms with E-state index < -0.39 is 0 Å². The Labute approximate surface area is 129 Å². The largest absolute Gasteiger partial charge is 0.334 e. The molecule has 0 spiro atoms. The zero-order valence-corrected chi connectivity index (χ0v) is 13.1. The van der Waals surface area contributed by atoms with E-state index >= 15 is 0 Å². The van der Waals surface area contributed by atoms with Gasteiger partial charge in [-0.25, -0.2) is 4.98 Å². The lowest BCUT2D eigenvalue weighted by Gasteiger charge is -2.27. The Morgan fingerprint density at radius 2 is 2.14 bits per heavy atom. The number of aromatic nitrogens is 1. The van der Waals surface area contributed by atoms with Crippen LogP contribution in [0.3, 0.4) is 0 Å². The molecule has 1 unspecified atom stereocenters. The number of pyridine rings is 1. The molecule has 3 rings (SSSR count). The van der Waals surface area contributed by atoms with Crippen molar-refractivity contribution in [2.75, 3.05) is 6.54 Å². The molecule has 4 heteroatoms. The smallest absolute Gasteiger partial charge is 0.272 e. The summed E-state index contributed by atoms with van der Waals surface area (Å²) in [5, 5.41) is 2.25. The lowest BCUT2D eigenvalue weighted by molar-refractivity contribution is 0.0696. The zero-order chi connectivity index (χ0) is 15.0. The highest BCUT2D eigenvalue weighted by Gasteiger charge is 2.32. The van der Waals surface area contributed by atoms with Crippen molar-refractivity contribution in [1.29, 1.82) is 0 Å². The van der Waals surface area contributed by atoms with E-state index in [1.54, 1.807) is 0 Å². The van der Waals surface area contributed by atoms with Crippen molar-refractivity contribution in [3.8, 4) is 0 Å². The van der Waals surface area contributed by atoms with Gasteiger partial charge in [-0.05, 0) is 30.2 Å². The predicted octanol–water partition coefficient (Wildman–Crippen LogP) is 4.15. The molecule has 1 fully saturated rings. The molecule has 1 aromatic heterocycles. The fourth-order valence-corrected chi connectivity index (χ4v) is 3.41. The fraction of sp³-hybridized carbons (Fsp3) is 0.412. The van der Waals surface area contributed by atoms with Gasteiger partial charge in [-0.15, -0.1) is 0 Å². The maximum atomic E-state index is 12.8. The Balaban J connectivity index is 1.98. The van der Waals surface area contributed by atoms with Crippen LogP contribution in [0.4, 0.5) is 0 Å². The normalized spacial score (nSPS) is 18.7. The van der Waals surface area contributed by atoms with Crippen molar-refractivity contribution in [3.63, 3.8) is 0 Å². The van der Waals surface area contributed by atoms with E-state index in [2.05, 4.69) is 18.8 Å². The number of fused-ring (bicyclic) bond motifs is 1. The summed E-state index contributed by atoms with van der Waals surface area (Å²) < 4.78 is 0. The van der Waals surface area contributed by atoms with Gasteiger partial charge in [0.05, 0.1) is 0 Å². The van der Waals surface area contributed by atoms with Crippen molar-refractivity contribution in [3.05, 3.63) is 41.2 Å². The maximum absolute atomic E-state index is 12.8. The minimum Gasteiger partial charge on any atom is -0.334 e. The van der Waals surface area contributed by atoms with Crippen LogP contribution in [0.25, 0.3) is 10.8 Å². The third kappa shape index (κ3) is 2.62. The van der Waals surface area contributed by atoms with Crippen molar-refractivity contribution in [1.82, 2.24) is 9.88 Å². The van der Waals surface area contributed by atoms with Gasteiger partial charge in [-0.1, -0.05) is 49.7 Å². The first kappa shape index (κ1) is 14.3. The molecule has 1 aliphatic rings. The quantitative estimate of drug-likeness (QED) is 0.781. The summed E-state index contributed by atoms with van der Waals surface area (Å²) in [4.78, 5) is 19.0. The molecular weight excluding hydrogens is 284 g/mol. The molecule has 1 aliphatic heterocycles. The summed E-state index contributed by atoms with van der Waals surface area (Å²) in [6.07, 6.45) is 2.14. The average molecular weight is 303 g/mol. The standard InChI is InChI=1S/C17H19ClN2O/c1-11(2)15-8-5-9-20(15)17(21)14-10-12-6-3-4-7-13(12)16(18)19-14/h3-4,6-7,10-11,15H,5,8-9H2,1-2H3. The summed E-state index contributed by atoms with van der Waals surface area (Å²) in [6.45, 7) is 5.14.